The van der Waals surface area contributed by atoms with Crippen molar-refractivity contribution < 1.29 is 23.0 Å². The lowest BCUT2D eigenvalue weighted by Gasteiger charge is -2.33. The van der Waals surface area contributed by atoms with Crippen molar-refractivity contribution in [3.05, 3.63) is 29.3 Å². The number of hydrogen-bond acceptors (Lipinski definition) is 3. The van der Waals surface area contributed by atoms with E-state index in [0.29, 0.717) is 13.0 Å². The number of rotatable bonds is 3. The molecule has 0 radical (unpaired) electrons. The lowest BCUT2D eigenvalue weighted by atomic mass is 9.86. The van der Waals surface area contributed by atoms with Gasteiger partial charge in [0.25, 0.3) is 0 Å². The van der Waals surface area contributed by atoms with Crippen LogP contribution in [0.25, 0.3) is 0 Å². The van der Waals surface area contributed by atoms with Gasteiger partial charge < -0.3 is 15.2 Å². The van der Waals surface area contributed by atoms with Gasteiger partial charge in [-0.05, 0) is 37.1 Å². The van der Waals surface area contributed by atoms with Crippen LogP contribution >= 0.6 is 0 Å². The average molecular weight is 289 g/mol. The molecule has 0 amide bonds. The zero-order valence-electron chi connectivity index (χ0n) is 11.3. The highest BCUT2D eigenvalue weighted by Crippen LogP contribution is 2.36. The second kappa shape index (κ2) is 5.61. The predicted octanol–water partition coefficient (Wildman–Crippen LogP) is 2.37. The van der Waals surface area contributed by atoms with Crippen LogP contribution < -0.4 is 10.1 Å². The van der Waals surface area contributed by atoms with E-state index in [1.165, 1.54) is 19.2 Å². The molecule has 1 heterocycles. The van der Waals surface area contributed by atoms with Crippen LogP contribution in [0.2, 0.25) is 0 Å². The third kappa shape index (κ3) is 3.43. The molecule has 2 N–H and O–H groups in total. The van der Waals surface area contributed by atoms with Crippen molar-refractivity contribution in [1.82, 2.24) is 5.32 Å². The molecule has 3 nitrogen and oxygen atoms in total. The third-order valence-corrected chi connectivity index (χ3v) is 3.59. The number of hydrogen-bond donors (Lipinski definition) is 2. The van der Waals surface area contributed by atoms with Crippen LogP contribution in [0.5, 0.6) is 5.75 Å². The van der Waals surface area contributed by atoms with Gasteiger partial charge in [0.15, 0.2) is 0 Å². The minimum absolute atomic E-state index is 0.0150. The predicted molar refractivity (Wildman–Crippen MR) is 68.8 cm³/mol. The standard InChI is InChI=1S/C14H18F3NO2/c1-20-11-4-3-10(12(7-11)14(15,16)17)8-13(19)5-2-6-18-9-13/h3-4,7,18-19H,2,5-6,8-9H2,1H3. The van der Waals surface area contributed by atoms with E-state index in [1.54, 1.807) is 0 Å². The van der Waals surface area contributed by atoms with Crippen LogP contribution in [-0.4, -0.2) is 30.9 Å². The first-order valence-corrected chi connectivity index (χ1v) is 6.51. The highest BCUT2D eigenvalue weighted by Gasteiger charge is 2.37. The lowest BCUT2D eigenvalue weighted by Crippen LogP contribution is -2.47. The molecule has 1 aliphatic heterocycles. The molecule has 1 unspecified atom stereocenters. The molecule has 1 saturated heterocycles. The first-order valence-electron chi connectivity index (χ1n) is 6.51. The van der Waals surface area contributed by atoms with Gasteiger partial charge in [-0.3, -0.25) is 0 Å². The van der Waals surface area contributed by atoms with Crippen LogP contribution in [-0.2, 0) is 12.6 Å². The molecule has 1 aromatic rings. The van der Waals surface area contributed by atoms with Gasteiger partial charge in [0.05, 0.1) is 18.3 Å². The summed E-state index contributed by atoms with van der Waals surface area (Å²) >= 11 is 0. The molecule has 1 fully saturated rings. The maximum absolute atomic E-state index is 13.1. The van der Waals surface area contributed by atoms with Gasteiger partial charge in [-0.1, -0.05) is 6.07 Å². The maximum atomic E-state index is 13.1. The maximum Gasteiger partial charge on any atom is 0.416 e. The topological polar surface area (TPSA) is 41.5 Å². The zero-order valence-corrected chi connectivity index (χ0v) is 11.3. The van der Waals surface area contributed by atoms with E-state index < -0.39 is 17.3 Å². The molecule has 0 spiro atoms. The van der Waals surface area contributed by atoms with Gasteiger partial charge in [0, 0.05) is 13.0 Å². The summed E-state index contributed by atoms with van der Waals surface area (Å²) < 4.78 is 44.1. The Labute approximate surface area is 115 Å². The van der Waals surface area contributed by atoms with Gasteiger partial charge in [-0.25, -0.2) is 0 Å². The van der Waals surface area contributed by atoms with E-state index in [-0.39, 0.29) is 17.7 Å². The summed E-state index contributed by atoms with van der Waals surface area (Å²) in [5.74, 6) is 0.162. The van der Waals surface area contributed by atoms with Crippen LogP contribution in [0.1, 0.15) is 24.0 Å². The van der Waals surface area contributed by atoms with Crippen molar-refractivity contribution in [3.8, 4) is 5.75 Å². The van der Waals surface area contributed by atoms with E-state index in [0.717, 1.165) is 19.0 Å². The van der Waals surface area contributed by atoms with Crippen LogP contribution in [0.4, 0.5) is 13.2 Å². The van der Waals surface area contributed by atoms with Crippen LogP contribution in [0, 0.1) is 0 Å². The molecule has 0 aliphatic carbocycles. The minimum Gasteiger partial charge on any atom is -0.497 e. The molecule has 1 atom stereocenters. The molecule has 112 valence electrons. The summed E-state index contributed by atoms with van der Waals surface area (Å²) in [7, 11) is 1.33. The molecule has 6 heteroatoms. The molecule has 0 aromatic heterocycles. The van der Waals surface area contributed by atoms with Crippen molar-refractivity contribution in [1.29, 1.82) is 0 Å². The summed E-state index contributed by atoms with van der Waals surface area (Å²) in [6.45, 7) is 1.10. The Morgan fingerprint density at radius 3 is 2.70 bits per heavy atom. The number of halogens is 3. The molecule has 1 aromatic carbocycles. The van der Waals surface area contributed by atoms with Crippen molar-refractivity contribution in [3.63, 3.8) is 0 Å². The first-order chi connectivity index (χ1) is 9.34. The van der Waals surface area contributed by atoms with Crippen LogP contribution in [0.15, 0.2) is 18.2 Å². The Morgan fingerprint density at radius 1 is 1.40 bits per heavy atom. The van der Waals surface area contributed by atoms with Crippen molar-refractivity contribution in [2.45, 2.75) is 31.0 Å². The minimum atomic E-state index is -4.46. The summed E-state index contributed by atoms with van der Waals surface area (Å²) in [6.07, 6.45) is -3.21. The Morgan fingerprint density at radius 2 is 2.15 bits per heavy atom. The normalized spacial score (nSPS) is 23.6. The smallest absolute Gasteiger partial charge is 0.416 e. The largest absolute Gasteiger partial charge is 0.497 e. The van der Waals surface area contributed by atoms with Gasteiger partial charge in [0.1, 0.15) is 5.75 Å². The average Bonchev–Trinajstić information content (AvgIpc) is 2.38. The van der Waals surface area contributed by atoms with Gasteiger partial charge in [-0.15, -0.1) is 0 Å². The molecule has 0 saturated carbocycles. The lowest BCUT2D eigenvalue weighted by molar-refractivity contribution is -0.138. The monoisotopic (exact) mass is 289 g/mol. The number of benzene rings is 1. The van der Waals surface area contributed by atoms with E-state index in [9.17, 15) is 18.3 Å². The molecule has 20 heavy (non-hydrogen) atoms. The number of β-amino-alcohol motifs (C(OH)–C–C–N with tert-alkyl or cyclic N) is 1. The first kappa shape index (κ1) is 15.1. The summed E-state index contributed by atoms with van der Waals surface area (Å²) in [5.41, 5.74) is -1.76. The second-order valence-electron chi connectivity index (χ2n) is 5.20. The SMILES string of the molecule is COc1ccc(CC2(O)CCCNC2)c(C(F)(F)F)c1. The fourth-order valence-corrected chi connectivity index (χ4v) is 2.56. The number of piperidine rings is 1. The number of methoxy groups -OCH3 is 1. The van der Waals surface area contributed by atoms with Gasteiger partial charge in [-0.2, -0.15) is 13.2 Å². The second-order valence-corrected chi connectivity index (χ2v) is 5.20. The van der Waals surface area contributed by atoms with Gasteiger partial charge in [0.2, 0.25) is 0 Å². The fraction of sp³-hybridized carbons (Fsp3) is 0.571. The Bertz CT molecular complexity index is 468. The zero-order chi connectivity index (χ0) is 14.8. The number of alkyl halides is 3. The van der Waals surface area contributed by atoms with Crippen molar-refractivity contribution in [2.24, 2.45) is 0 Å². The fourth-order valence-electron chi connectivity index (χ4n) is 2.56. The van der Waals surface area contributed by atoms with E-state index in [2.05, 4.69) is 5.32 Å². The highest BCUT2D eigenvalue weighted by atomic mass is 19.4. The molecular formula is C14H18F3NO2. The number of aliphatic hydroxyl groups is 1. The third-order valence-electron chi connectivity index (χ3n) is 3.59. The highest BCUT2D eigenvalue weighted by molar-refractivity contribution is 5.38. The van der Waals surface area contributed by atoms with Crippen molar-refractivity contribution in [2.75, 3.05) is 20.2 Å². The Kier molecular flexibility index (Phi) is 4.25. The van der Waals surface area contributed by atoms with E-state index >= 15 is 0 Å². The van der Waals surface area contributed by atoms with E-state index in [1.807, 2.05) is 0 Å². The number of ether oxygens (including phenoxy) is 1. The number of nitrogens with one attached hydrogen (secondary N) is 1. The molecular weight excluding hydrogens is 271 g/mol. The van der Waals surface area contributed by atoms with Crippen molar-refractivity contribution >= 4 is 0 Å². The summed E-state index contributed by atoms with van der Waals surface area (Å²) in [5, 5.41) is 13.4. The molecule has 2 rings (SSSR count). The van der Waals surface area contributed by atoms with Gasteiger partial charge >= 0.3 is 6.18 Å². The van der Waals surface area contributed by atoms with E-state index in [4.69, 9.17) is 4.74 Å². The summed E-state index contributed by atoms with van der Waals surface area (Å²) in [6, 6.07) is 3.85. The summed E-state index contributed by atoms with van der Waals surface area (Å²) in [4.78, 5) is 0. The quantitative estimate of drug-likeness (QED) is 0.897. The molecule has 0 bridgehead atoms. The Hall–Kier alpha value is -1.27. The molecule has 1 aliphatic rings. The Balaban J connectivity index is 2.30. The van der Waals surface area contributed by atoms with Crippen LogP contribution in [0.3, 0.4) is 0 Å².